The van der Waals surface area contributed by atoms with E-state index in [0.29, 0.717) is 11.7 Å². The highest BCUT2D eigenvalue weighted by Crippen LogP contribution is 2.62. The lowest BCUT2D eigenvalue weighted by Crippen LogP contribution is -2.48. The van der Waals surface area contributed by atoms with Crippen LogP contribution in [0.4, 0.5) is 0 Å². The van der Waals surface area contributed by atoms with Crippen molar-refractivity contribution in [3.8, 4) is 11.5 Å². The van der Waals surface area contributed by atoms with Crippen molar-refractivity contribution in [2.24, 2.45) is 28.7 Å². The number of rotatable bonds is 6. The number of aromatic hydroxyl groups is 1. The lowest BCUT2D eigenvalue weighted by Gasteiger charge is -2.57. The number of aliphatic imine (C=N–C) groups is 1. The molecule has 3 nitrogen and oxygen atoms in total. The van der Waals surface area contributed by atoms with Crippen molar-refractivity contribution in [1.29, 1.82) is 0 Å². The first-order valence-electron chi connectivity index (χ1n) is 10.4. The predicted molar refractivity (Wildman–Crippen MR) is 106 cm³/mol. The van der Waals surface area contributed by atoms with Crippen LogP contribution < -0.4 is 4.74 Å². The van der Waals surface area contributed by atoms with Crippen LogP contribution in [0.15, 0.2) is 17.1 Å². The number of methoxy groups -OCH3 is 1. The van der Waals surface area contributed by atoms with Gasteiger partial charge in [0.1, 0.15) is 11.5 Å². The molecular weight excluding hydrogens is 322 g/mol. The summed E-state index contributed by atoms with van der Waals surface area (Å²) in [4.78, 5) is 4.56. The number of hydrogen-bond acceptors (Lipinski definition) is 3. The van der Waals surface area contributed by atoms with Crippen molar-refractivity contribution >= 4 is 6.21 Å². The van der Waals surface area contributed by atoms with Crippen molar-refractivity contribution in [3.05, 3.63) is 23.3 Å². The number of ether oxygens (including phenoxy) is 1. The number of hydrogen-bond donors (Lipinski definition) is 1. The third-order valence-corrected chi connectivity index (χ3v) is 7.02. The topological polar surface area (TPSA) is 41.8 Å². The minimum absolute atomic E-state index is 0.161. The van der Waals surface area contributed by atoms with Gasteiger partial charge in [0.25, 0.3) is 0 Å². The summed E-state index contributed by atoms with van der Waals surface area (Å²) in [7, 11) is 1.72. The molecule has 0 unspecified atom stereocenters. The molecule has 4 fully saturated rings. The zero-order valence-corrected chi connectivity index (χ0v) is 16.5. The Morgan fingerprint density at radius 2 is 1.77 bits per heavy atom. The minimum atomic E-state index is 0.161. The molecule has 4 aliphatic rings. The SMILES string of the molecule is COc1cc(C=NCCC(C)C)c(O)c(C23CC4CC(CC(C4)C2)C3)c1. The smallest absolute Gasteiger partial charge is 0.128 e. The minimum Gasteiger partial charge on any atom is -0.507 e. The first-order chi connectivity index (χ1) is 12.5. The molecule has 0 radical (unpaired) electrons. The maximum Gasteiger partial charge on any atom is 0.128 e. The lowest BCUT2D eigenvalue weighted by molar-refractivity contribution is -0.00622. The van der Waals surface area contributed by atoms with Gasteiger partial charge in [-0.25, -0.2) is 0 Å². The molecular formula is C23H33NO2. The van der Waals surface area contributed by atoms with Gasteiger partial charge >= 0.3 is 0 Å². The molecule has 4 saturated carbocycles. The van der Waals surface area contributed by atoms with Crippen molar-refractivity contribution in [1.82, 2.24) is 0 Å². The number of phenolic OH excluding ortho intramolecular Hbond substituents is 1. The summed E-state index contributed by atoms with van der Waals surface area (Å²) in [5, 5.41) is 11.1. The van der Waals surface area contributed by atoms with Gasteiger partial charge in [-0.15, -0.1) is 0 Å². The quantitative estimate of drug-likeness (QED) is 0.700. The second-order valence-corrected chi connectivity index (χ2v) is 9.53. The fourth-order valence-electron chi connectivity index (χ4n) is 6.19. The molecule has 3 heteroatoms. The molecule has 1 aromatic carbocycles. The van der Waals surface area contributed by atoms with Crippen LogP contribution in [0.25, 0.3) is 0 Å². The molecule has 142 valence electrons. The van der Waals surface area contributed by atoms with Crippen molar-refractivity contribution in [3.63, 3.8) is 0 Å². The van der Waals surface area contributed by atoms with Crippen LogP contribution in [0, 0.1) is 23.7 Å². The summed E-state index contributed by atoms with van der Waals surface area (Å²) < 4.78 is 5.59. The predicted octanol–water partition coefficient (Wildman–Crippen LogP) is 5.33. The van der Waals surface area contributed by atoms with E-state index in [4.69, 9.17) is 4.74 Å². The largest absolute Gasteiger partial charge is 0.507 e. The molecule has 5 rings (SSSR count). The average Bonchev–Trinajstić information content (AvgIpc) is 2.58. The maximum absolute atomic E-state index is 11.1. The van der Waals surface area contributed by atoms with Gasteiger partial charge in [-0.2, -0.15) is 0 Å². The maximum atomic E-state index is 11.1. The highest BCUT2D eigenvalue weighted by atomic mass is 16.5. The summed E-state index contributed by atoms with van der Waals surface area (Å²) in [6.07, 6.45) is 10.9. The molecule has 0 aliphatic heterocycles. The van der Waals surface area contributed by atoms with E-state index in [9.17, 15) is 5.11 Å². The molecule has 0 heterocycles. The standard InChI is InChI=1S/C23H33NO2/c1-15(2)4-5-24-14-19-9-20(26-3)10-21(22(19)25)23-11-16-6-17(12-23)8-18(7-16)13-23/h9-10,14-18,25H,4-8,11-13H2,1-3H3. The van der Waals surface area contributed by atoms with Crippen LogP contribution in [0.1, 0.15) is 69.9 Å². The summed E-state index contributed by atoms with van der Waals surface area (Å²) >= 11 is 0. The van der Waals surface area contributed by atoms with E-state index in [1.807, 2.05) is 12.3 Å². The number of nitrogens with zero attached hydrogens (tertiary/aromatic N) is 1. The molecule has 1 N–H and O–H groups in total. The van der Waals surface area contributed by atoms with Gasteiger partial charge in [0, 0.05) is 23.9 Å². The Balaban J connectivity index is 1.67. The van der Waals surface area contributed by atoms with E-state index in [0.717, 1.165) is 47.6 Å². The second kappa shape index (κ2) is 6.90. The van der Waals surface area contributed by atoms with E-state index in [1.165, 1.54) is 38.5 Å². The Bertz CT molecular complexity index is 656. The fourth-order valence-corrected chi connectivity index (χ4v) is 6.19. The molecule has 0 saturated heterocycles. The van der Waals surface area contributed by atoms with E-state index in [-0.39, 0.29) is 5.41 Å². The Morgan fingerprint density at radius 1 is 1.15 bits per heavy atom. The zero-order chi connectivity index (χ0) is 18.3. The van der Waals surface area contributed by atoms with Crippen molar-refractivity contribution in [2.75, 3.05) is 13.7 Å². The fraction of sp³-hybridized carbons (Fsp3) is 0.696. The van der Waals surface area contributed by atoms with Gasteiger partial charge in [0.05, 0.1) is 7.11 Å². The van der Waals surface area contributed by atoms with Crippen molar-refractivity contribution in [2.45, 2.75) is 64.2 Å². The monoisotopic (exact) mass is 355 g/mol. The highest BCUT2D eigenvalue weighted by Gasteiger charge is 2.52. The van der Waals surface area contributed by atoms with Crippen LogP contribution in [-0.2, 0) is 5.41 Å². The highest BCUT2D eigenvalue weighted by molar-refractivity contribution is 5.85. The van der Waals surface area contributed by atoms with Crippen LogP contribution >= 0.6 is 0 Å². The molecule has 0 amide bonds. The Kier molecular flexibility index (Phi) is 4.75. The number of benzene rings is 1. The van der Waals surface area contributed by atoms with Crippen molar-refractivity contribution < 1.29 is 9.84 Å². The summed E-state index contributed by atoms with van der Waals surface area (Å²) in [5.74, 6) is 4.51. The van der Waals surface area contributed by atoms with E-state index < -0.39 is 0 Å². The Hall–Kier alpha value is -1.51. The normalized spacial score (nSPS) is 32.7. The summed E-state index contributed by atoms with van der Waals surface area (Å²) in [6.45, 7) is 5.23. The first kappa shape index (κ1) is 17.9. The third-order valence-electron chi connectivity index (χ3n) is 7.02. The van der Waals surface area contributed by atoms with Gasteiger partial charge in [0.2, 0.25) is 0 Å². The van der Waals surface area contributed by atoms with E-state index in [2.05, 4.69) is 24.9 Å². The number of phenols is 1. The second-order valence-electron chi connectivity index (χ2n) is 9.53. The van der Waals surface area contributed by atoms with Crippen LogP contribution in [0.2, 0.25) is 0 Å². The summed E-state index contributed by atoms with van der Waals surface area (Å²) in [5.41, 5.74) is 2.11. The molecule has 0 aromatic heterocycles. The molecule has 0 atom stereocenters. The van der Waals surface area contributed by atoms with E-state index >= 15 is 0 Å². The summed E-state index contributed by atoms with van der Waals surface area (Å²) in [6, 6.07) is 4.03. The molecule has 0 spiro atoms. The third kappa shape index (κ3) is 3.25. The molecule has 1 aromatic rings. The average molecular weight is 356 g/mol. The van der Waals surface area contributed by atoms with Gasteiger partial charge in [0.15, 0.2) is 0 Å². The van der Waals surface area contributed by atoms with Gasteiger partial charge in [-0.1, -0.05) is 13.8 Å². The van der Waals surface area contributed by atoms with Crippen LogP contribution in [0.3, 0.4) is 0 Å². The zero-order valence-electron chi connectivity index (χ0n) is 16.5. The van der Waals surface area contributed by atoms with Gasteiger partial charge in [-0.05, 0) is 86.2 Å². The van der Waals surface area contributed by atoms with Gasteiger partial charge < -0.3 is 9.84 Å². The first-order valence-corrected chi connectivity index (χ1v) is 10.4. The molecule has 4 aliphatic carbocycles. The van der Waals surface area contributed by atoms with Gasteiger partial charge in [-0.3, -0.25) is 4.99 Å². The lowest BCUT2D eigenvalue weighted by atomic mass is 9.48. The van der Waals surface area contributed by atoms with E-state index in [1.54, 1.807) is 7.11 Å². The van der Waals surface area contributed by atoms with Crippen LogP contribution in [-0.4, -0.2) is 25.0 Å². The molecule has 4 bridgehead atoms. The Morgan fingerprint density at radius 3 is 2.31 bits per heavy atom. The van der Waals surface area contributed by atoms with Crippen LogP contribution in [0.5, 0.6) is 11.5 Å². The molecule has 26 heavy (non-hydrogen) atoms. The Labute approximate surface area is 157 Å².